The van der Waals surface area contributed by atoms with Gasteiger partial charge in [0.15, 0.2) is 5.65 Å². The zero-order valence-corrected chi connectivity index (χ0v) is 14.7. The first-order chi connectivity index (χ1) is 11.0. The van der Waals surface area contributed by atoms with Crippen LogP contribution in [0.1, 0.15) is 43.1 Å². The highest BCUT2D eigenvalue weighted by Crippen LogP contribution is 2.29. The van der Waals surface area contributed by atoms with Crippen molar-refractivity contribution in [1.82, 2.24) is 19.5 Å². The summed E-state index contributed by atoms with van der Waals surface area (Å²) in [5, 5.41) is 4.71. The lowest BCUT2D eigenvalue weighted by atomic mass is 9.97. The smallest absolute Gasteiger partial charge is 0.160 e. The number of anilines is 1. The van der Waals surface area contributed by atoms with Crippen LogP contribution in [-0.4, -0.2) is 51.2 Å². The maximum absolute atomic E-state index is 4.71. The lowest BCUT2D eigenvalue weighted by Gasteiger charge is -2.50. The molecule has 5 heteroatoms. The molecule has 0 saturated carbocycles. The molecule has 0 radical (unpaired) electrons. The number of aryl methyl sites for hydroxylation is 3. The summed E-state index contributed by atoms with van der Waals surface area (Å²) in [6.07, 6.45) is 4.10. The van der Waals surface area contributed by atoms with Crippen LogP contribution in [-0.2, 0) is 0 Å². The SMILES string of the molecule is Cc1cc(N2CC(N3CCCCC3C)C2)n2nc(C)c(C)c2n1. The van der Waals surface area contributed by atoms with Crippen molar-refractivity contribution < 1.29 is 0 Å². The molecule has 1 atom stereocenters. The minimum absolute atomic E-state index is 0.701. The van der Waals surface area contributed by atoms with Crippen LogP contribution in [0.4, 0.5) is 5.82 Å². The van der Waals surface area contributed by atoms with Crippen molar-refractivity contribution in [3.63, 3.8) is 0 Å². The molecule has 2 saturated heterocycles. The van der Waals surface area contributed by atoms with E-state index in [1.165, 1.54) is 37.2 Å². The molecule has 5 nitrogen and oxygen atoms in total. The highest BCUT2D eigenvalue weighted by atomic mass is 15.4. The number of piperidine rings is 1. The van der Waals surface area contributed by atoms with Gasteiger partial charge in [0.05, 0.1) is 5.69 Å². The predicted octanol–water partition coefficient (Wildman–Crippen LogP) is 2.72. The second-order valence-corrected chi connectivity index (χ2v) is 7.34. The fourth-order valence-corrected chi connectivity index (χ4v) is 4.07. The third kappa shape index (κ3) is 2.42. The Hall–Kier alpha value is -1.62. The van der Waals surface area contributed by atoms with Gasteiger partial charge in [-0.15, -0.1) is 0 Å². The Morgan fingerprint density at radius 2 is 1.91 bits per heavy atom. The Bertz CT molecular complexity index is 729. The summed E-state index contributed by atoms with van der Waals surface area (Å²) in [7, 11) is 0. The van der Waals surface area contributed by atoms with E-state index in [2.05, 4.69) is 48.5 Å². The van der Waals surface area contributed by atoms with Gasteiger partial charge in [-0.3, -0.25) is 4.90 Å². The first-order valence-corrected chi connectivity index (χ1v) is 8.89. The third-order valence-electron chi connectivity index (χ3n) is 5.68. The molecule has 124 valence electrons. The molecular formula is C18H27N5. The summed E-state index contributed by atoms with van der Waals surface area (Å²) in [5.74, 6) is 1.20. The molecule has 1 unspecified atom stereocenters. The summed E-state index contributed by atoms with van der Waals surface area (Å²) in [4.78, 5) is 9.85. The van der Waals surface area contributed by atoms with E-state index in [0.29, 0.717) is 6.04 Å². The van der Waals surface area contributed by atoms with Gasteiger partial charge in [-0.2, -0.15) is 9.61 Å². The Balaban J connectivity index is 1.58. The molecule has 2 fully saturated rings. The Morgan fingerprint density at radius 3 is 2.65 bits per heavy atom. The molecule has 0 bridgehead atoms. The number of likely N-dealkylation sites (tertiary alicyclic amines) is 1. The molecule has 0 aromatic carbocycles. The molecule has 0 spiro atoms. The van der Waals surface area contributed by atoms with Crippen molar-refractivity contribution in [3.8, 4) is 0 Å². The maximum atomic E-state index is 4.71. The highest BCUT2D eigenvalue weighted by molar-refractivity contribution is 5.57. The van der Waals surface area contributed by atoms with Gasteiger partial charge in [0.25, 0.3) is 0 Å². The summed E-state index contributed by atoms with van der Waals surface area (Å²) in [5.41, 5.74) is 4.35. The van der Waals surface area contributed by atoms with Crippen LogP contribution in [0.15, 0.2) is 6.07 Å². The van der Waals surface area contributed by atoms with Crippen LogP contribution >= 0.6 is 0 Å². The van der Waals surface area contributed by atoms with E-state index < -0.39 is 0 Å². The molecule has 2 aromatic heterocycles. The number of hydrogen-bond acceptors (Lipinski definition) is 4. The number of rotatable bonds is 2. The van der Waals surface area contributed by atoms with Crippen molar-refractivity contribution in [2.75, 3.05) is 24.5 Å². The quantitative estimate of drug-likeness (QED) is 0.854. The van der Waals surface area contributed by atoms with Crippen LogP contribution in [0.2, 0.25) is 0 Å². The molecule has 2 aromatic rings. The zero-order chi connectivity index (χ0) is 16.1. The summed E-state index contributed by atoms with van der Waals surface area (Å²) >= 11 is 0. The average Bonchev–Trinajstić information content (AvgIpc) is 2.75. The van der Waals surface area contributed by atoms with Gasteiger partial charge in [-0.1, -0.05) is 6.42 Å². The van der Waals surface area contributed by atoms with Crippen molar-refractivity contribution >= 4 is 11.5 Å². The molecule has 0 aliphatic carbocycles. The fourth-order valence-electron chi connectivity index (χ4n) is 4.07. The molecule has 4 rings (SSSR count). The van der Waals surface area contributed by atoms with Gasteiger partial charge in [0, 0.05) is 42.5 Å². The second-order valence-electron chi connectivity index (χ2n) is 7.34. The maximum Gasteiger partial charge on any atom is 0.160 e. The second kappa shape index (κ2) is 5.48. The number of hydrogen-bond donors (Lipinski definition) is 0. The fraction of sp³-hybridized carbons (Fsp3) is 0.667. The van der Waals surface area contributed by atoms with E-state index in [1.54, 1.807) is 0 Å². The molecule has 2 aliphatic heterocycles. The summed E-state index contributed by atoms with van der Waals surface area (Å²) in [6.45, 7) is 12.1. The average molecular weight is 313 g/mol. The van der Waals surface area contributed by atoms with Crippen LogP contribution in [0.25, 0.3) is 5.65 Å². The summed E-state index contributed by atoms with van der Waals surface area (Å²) < 4.78 is 2.04. The van der Waals surface area contributed by atoms with Gasteiger partial charge < -0.3 is 4.90 Å². The Labute approximate surface area is 138 Å². The first-order valence-electron chi connectivity index (χ1n) is 8.89. The van der Waals surface area contributed by atoms with Crippen molar-refractivity contribution in [1.29, 1.82) is 0 Å². The van der Waals surface area contributed by atoms with Crippen molar-refractivity contribution in [3.05, 3.63) is 23.0 Å². The number of aromatic nitrogens is 3. The molecule has 2 aliphatic rings. The van der Waals surface area contributed by atoms with Crippen LogP contribution in [0.5, 0.6) is 0 Å². The van der Waals surface area contributed by atoms with E-state index >= 15 is 0 Å². The summed E-state index contributed by atoms with van der Waals surface area (Å²) in [6, 6.07) is 3.62. The van der Waals surface area contributed by atoms with Gasteiger partial charge in [0.1, 0.15) is 5.82 Å². The van der Waals surface area contributed by atoms with Gasteiger partial charge in [-0.05, 0) is 47.1 Å². The van der Waals surface area contributed by atoms with E-state index in [0.717, 1.165) is 36.2 Å². The Morgan fingerprint density at radius 1 is 1.13 bits per heavy atom. The van der Waals surface area contributed by atoms with Crippen LogP contribution in [0.3, 0.4) is 0 Å². The van der Waals surface area contributed by atoms with E-state index in [4.69, 9.17) is 5.10 Å². The lowest BCUT2D eigenvalue weighted by Crippen LogP contribution is -2.62. The topological polar surface area (TPSA) is 36.7 Å². The minimum Gasteiger partial charge on any atom is -0.353 e. The zero-order valence-electron chi connectivity index (χ0n) is 14.7. The largest absolute Gasteiger partial charge is 0.353 e. The molecule has 0 N–H and O–H groups in total. The molecular weight excluding hydrogens is 286 g/mol. The monoisotopic (exact) mass is 313 g/mol. The highest BCUT2D eigenvalue weighted by Gasteiger charge is 2.36. The van der Waals surface area contributed by atoms with Crippen LogP contribution < -0.4 is 4.90 Å². The normalized spacial score (nSPS) is 23.5. The number of nitrogens with zero attached hydrogens (tertiary/aromatic N) is 5. The van der Waals surface area contributed by atoms with E-state index in [9.17, 15) is 0 Å². The van der Waals surface area contributed by atoms with Gasteiger partial charge >= 0.3 is 0 Å². The van der Waals surface area contributed by atoms with E-state index in [-0.39, 0.29) is 0 Å². The third-order valence-corrected chi connectivity index (χ3v) is 5.68. The Kier molecular flexibility index (Phi) is 3.56. The molecule has 4 heterocycles. The first kappa shape index (κ1) is 14.9. The van der Waals surface area contributed by atoms with Gasteiger partial charge in [-0.25, -0.2) is 4.98 Å². The van der Waals surface area contributed by atoms with Crippen LogP contribution in [0, 0.1) is 20.8 Å². The predicted molar refractivity (Wildman–Crippen MR) is 93.2 cm³/mol. The standard InChI is InChI=1S/C18H27N5/c1-12-9-17(23-18(19-12)14(3)15(4)20-23)21-10-16(11-21)22-8-6-5-7-13(22)2/h9,13,16H,5-8,10-11H2,1-4H3. The lowest BCUT2D eigenvalue weighted by molar-refractivity contribution is 0.0871. The van der Waals surface area contributed by atoms with Crippen molar-refractivity contribution in [2.45, 2.75) is 59.0 Å². The number of fused-ring (bicyclic) bond motifs is 1. The van der Waals surface area contributed by atoms with E-state index in [1.807, 2.05) is 4.52 Å². The minimum atomic E-state index is 0.701. The molecule has 0 amide bonds. The van der Waals surface area contributed by atoms with Gasteiger partial charge in [0.2, 0.25) is 0 Å². The van der Waals surface area contributed by atoms with Crippen molar-refractivity contribution in [2.24, 2.45) is 0 Å². The molecule has 23 heavy (non-hydrogen) atoms.